The van der Waals surface area contributed by atoms with Gasteiger partial charge < -0.3 is 14.5 Å². The van der Waals surface area contributed by atoms with Gasteiger partial charge in [-0.3, -0.25) is 4.90 Å². The predicted octanol–water partition coefficient (Wildman–Crippen LogP) is 1.40. The summed E-state index contributed by atoms with van der Waals surface area (Å²) in [6, 6.07) is 6.76. The van der Waals surface area contributed by atoms with Crippen LogP contribution in [0.25, 0.3) is 0 Å². The highest BCUT2D eigenvalue weighted by Gasteiger charge is 2.26. The molecule has 0 bridgehead atoms. The molecular weight excluding hydrogens is 285 g/mol. The Hall–Kier alpha value is -1.66. The molecule has 0 atom stereocenters. The van der Waals surface area contributed by atoms with E-state index < -0.39 is 0 Å². The van der Waals surface area contributed by atoms with Gasteiger partial charge in [-0.05, 0) is 17.7 Å². The molecule has 2 aliphatic rings. The standard InChI is InChI=1S/C16H22FN3O2/c17-15-3-1-14(2-4-15)13-18-5-7-19(8-6-18)16(21)20-9-11-22-12-10-20/h1-4H,5-13H2. The molecule has 0 N–H and O–H groups in total. The van der Waals surface area contributed by atoms with Gasteiger partial charge in [0.1, 0.15) is 5.82 Å². The summed E-state index contributed by atoms with van der Waals surface area (Å²) < 4.78 is 18.2. The van der Waals surface area contributed by atoms with Crippen LogP contribution in [0.3, 0.4) is 0 Å². The lowest BCUT2D eigenvalue weighted by atomic mass is 10.2. The van der Waals surface area contributed by atoms with Gasteiger partial charge in [0.15, 0.2) is 0 Å². The Morgan fingerprint density at radius 2 is 1.55 bits per heavy atom. The molecule has 2 amide bonds. The van der Waals surface area contributed by atoms with Crippen molar-refractivity contribution < 1.29 is 13.9 Å². The van der Waals surface area contributed by atoms with Crippen molar-refractivity contribution in [3.63, 3.8) is 0 Å². The predicted molar refractivity (Wildman–Crippen MR) is 81.0 cm³/mol. The van der Waals surface area contributed by atoms with Crippen molar-refractivity contribution in [2.45, 2.75) is 6.54 Å². The molecule has 2 heterocycles. The number of halogens is 1. The molecule has 0 saturated carbocycles. The van der Waals surface area contributed by atoms with E-state index in [1.54, 1.807) is 0 Å². The molecule has 2 fully saturated rings. The number of benzene rings is 1. The molecule has 5 nitrogen and oxygen atoms in total. The van der Waals surface area contributed by atoms with Crippen LogP contribution in [-0.2, 0) is 11.3 Å². The van der Waals surface area contributed by atoms with Crippen molar-refractivity contribution >= 4 is 6.03 Å². The first-order valence-corrected chi connectivity index (χ1v) is 7.81. The number of ether oxygens (including phenoxy) is 1. The number of carbonyl (C=O) groups is 1. The van der Waals surface area contributed by atoms with E-state index in [-0.39, 0.29) is 11.8 Å². The highest BCUT2D eigenvalue weighted by atomic mass is 19.1. The molecule has 0 radical (unpaired) electrons. The third-order valence-electron chi connectivity index (χ3n) is 4.24. The zero-order chi connectivity index (χ0) is 15.4. The maximum atomic E-state index is 12.9. The number of nitrogens with zero attached hydrogens (tertiary/aromatic N) is 3. The number of urea groups is 1. The van der Waals surface area contributed by atoms with E-state index in [0.29, 0.717) is 26.3 Å². The summed E-state index contributed by atoms with van der Waals surface area (Å²) in [6.45, 7) is 6.66. The van der Waals surface area contributed by atoms with Crippen LogP contribution >= 0.6 is 0 Å². The van der Waals surface area contributed by atoms with Crippen LogP contribution < -0.4 is 0 Å². The average Bonchev–Trinajstić information content (AvgIpc) is 2.58. The molecule has 1 aromatic carbocycles. The fraction of sp³-hybridized carbons (Fsp3) is 0.562. The largest absolute Gasteiger partial charge is 0.378 e. The first kappa shape index (κ1) is 15.2. The molecule has 0 unspecified atom stereocenters. The lowest BCUT2D eigenvalue weighted by Gasteiger charge is -2.38. The highest BCUT2D eigenvalue weighted by Crippen LogP contribution is 2.11. The molecule has 6 heteroatoms. The van der Waals surface area contributed by atoms with Gasteiger partial charge in [-0.25, -0.2) is 9.18 Å². The van der Waals surface area contributed by atoms with Crippen LogP contribution in [0, 0.1) is 5.82 Å². The molecule has 120 valence electrons. The van der Waals surface area contributed by atoms with E-state index in [1.807, 2.05) is 21.9 Å². The molecule has 2 saturated heterocycles. The second kappa shape index (κ2) is 7.07. The van der Waals surface area contributed by atoms with Crippen LogP contribution in [-0.4, -0.2) is 73.2 Å². The second-order valence-corrected chi connectivity index (χ2v) is 5.77. The number of carbonyl (C=O) groups excluding carboxylic acids is 1. The first-order chi connectivity index (χ1) is 10.7. The van der Waals surface area contributed by atoms with E-state index in [1.165, 1.54) is 12.1 Å². The Morgan fingerprint density at radius 1 is 0.955 bits per heavy atom. The number of hydrogen-bond donors (Lipinski definition) is 0. The summed E-state index contributed by atoms with van der Waals surface area (Å²) in [5, 5.41) is 0. The minimum Gasteiger partial charge on any atom is -0.378 e. The molecule has 0 spiro atoms. The first-order valence-electron chi connectivity index (χ1n) is 7.81. The normalized spacial score (nSPS) is 20.2. The van der Waals surface area contributed by atoms with Crippen molar-refractivity contribution in [3.8, 4) is 0 Å². The highest BCUT2D eigenvalue weighted by molar-refractivity contribution is 5.74. The van der Waals surface area contributed by atoms with Crippen molar-refractivity contribution in [2.24, 2.45) is 0 Å². The Kier molecular flexibility index (Phi) is 4.90. The van der Waals surface area contributed by atoms with E-state index in [0.717, 1.165) is 38.3 Å². The third kappa shape index (κ3) is 3.75. The van der Waals surface area contributed by atoms with E-state index >= 15 is 0 Å². The number of amides is 2. The maximum Gasteiger partial charge on any atom is 0.320 e. The summed E-state index contributed by atoms with van der Waals surface area (Å²) in [4.78, 5) is 18.5. The molecule has 1 aromatic rings. The van der Waals surface area contributed by atoms with Gasteiger partial charge in [0.05, 0.1) is 13.2 Å². The molecule has 0 aliphatic carbocycles. The van der Waals surface area contributed by atoms with Gasteiger partial charge in [0.25, 0.3) is 0 Å². The van der Waals surface area contributed by atoms with Crippen LogP contribution in [0.4, 0.5) is 9.18 Å². The monoisotopic (exact) mass is 307 g/mol. The van der Waals surface area contributed by atoms with E-state index in [2.05, 4.69) is 4.90 Å². The summed E-state index contributed by atoms with van der Waals surface area (Å²) in [5.74, 6) is -0.204. The quantitative estimate of drug-likeness (QED) is 0.828. The van der Waals surface area contributed by atoms with E-state index in [4.69, 9.17) is 4.74 Å². The van der Waals surface area contributed by atoms with Gasteiger partial charge >= 0.3 is 6.03 Å². The van der Waals surface area contributed by atoms with E-state index in [9.17, 15) is 9.18 Å². The molecule has 3 rings (SSSR count). The number of piperazine rings is 1. The smallest absolute Gasteiger partial charge is 0.320 e. The van der Waals surface area contributed by atoms with Gasteiger partial charge in [-0.15, -0.1) is 0 Å². The number of hydrogen-bond acceptors (Lipinski definition) is 3. The summed E-state index contributed by atoms with van der Waals surface area (Å²) >= 11 is 0. The lowest BCUT2D eigenvalue weighted by Crippen LogP contribution is -2.54. The third-order valence-corrected chi connectivity index (χ3v) is 4.24. The summed E-state index contributed by atoms with van der Waals surface area (Å²) in [5.41, 5.74) is 1.11. The van der Waals surface area contributed by atoms with Crippen LogP contribution in [0.5, 0.6) is 0 Å². The number of rotatable bonds is 2. The Bertz CT molecular complexity index is 495. The molecular formula is C16H22FN3O2. The van der Waals surface area contributed by atoms with Crippen molar-refractivity contribution in [1.82, 2.24) is 14.7 Å². The molecule has 2 aliphatic heterocycles. The Labute approximate surface area is 130 Å². The molecule has 0 aromatic heterocycles. The summed E-state index contributed by atoms with van der Waals surface area (Å²) in [6.07, 6.45) is 0. The second-order valence-electron chi connectivity index (χ2n) is 5.77. The number of morpholine rings is 1. The fourth-order valence-electron chi connectivity index (χ4n) is 2.90. The van der Waals surface area contributed by atoms with Crippen molar-refractivity contribution in [2.75, 3.05) is 52.5 Å². The zero-order valence-electron chi connectivity index (χ0n) is 12.7. The molecule has 22 heavy (non-hydrogen) atoms. The SMILES string of the molecule is O=C(N1CCOCC1)N1CCN(Cc2ccc(F)cc2)CC1. The fourth-order valence-corrected chi connectivity index (χ4v) is 2.90. The van der Waals surface area contributed by atoms with Gasteiger partial charge in [0.2, 0.25) is 0 Å². The van der Waals surface area contributed by atoms with Gasteiger partial charge in [0, 0.05) is 45.8 Å². The average molecular weight is 307 g/mol. The lowest BCUT2D eigenvalue weighted by molar-refractivity contribution is 0.0373. The maximum absolute atomic E-state index is 12.9. The minimum absolute atomic E-state index is 0.129. The van der Waals surface area contributed by atoms with Crippen molar-refractivity contribution in [1.29, 1.82) is 0 Å². The topological polar surface area (TPSA) is 36.0 Å². The zero-order valence-corrected chi connectivity index (χ0v) is 12.7. The van der Waals surface area contributed by atoms with Gasteiger partial charge in [-0.2, -0.15) is 0 Å². The van der Waals surface area contributed by atoms with Crippen LogP contribution in [0.15, 0.2) is 24.3 Å². The van der Waals surface area contributed by atoms with Crippen LogP contribution in [0.1, 0.15) is 5.56 Å². The van der Waals surface area contributed by atoms with Gasteiger partial charge in [-0.1, -0.05) is 12.1 Å². The minimum atomic E-state index is -0.204. The Balaban J connectivity index is 1.47. The van der Waals surface area contributed by atoms with Crippen LogP contribution in [0.2, 0.25) is 0 Å². The van der Waals surface area contributed by atoms with Crippen molar-refractivity contribution in [3.05, 3.63) is 35.6 Å². The summed E-state index contributed by atoms with van der Waals surface area (Å²) in [7, 11) is 0. The Morgan fingerprint density at radius 3 is 2.18 bits per heavy atom.